The number of rotatable bonds is 3. The van der Waals surface area contributed by atoms with Crippen molar-refractivity contribution in [3.63, 3.8) is 0 Å². The van der Waals surface area contributed by atoms with Gasteiger partial charge in [-0.25, -0.2) is 0 Å². The highest BCUT2D eigenvalue weighted by molar-refractivity contribution is 5.27. The Kier molecular flexibility index (Phi) is 3.51. The summed E-state index contributed by atoms with van der Waals surface area (Å²) in [5, 5.41) is 0. The summed E-state index contributed by atoms with van der Waals surface area (Å²) in [6.45, 7) is 2.21. The predicted molar refractivity (Wildman–Crippen MR) is 49.4 cm³/mol. The van der Waals surface area contributed by atoms with E-state index in [0.717, 1.165) is 6.42 Å². The van der Waals surface area contributed by atoms with E-state index in [1.54, 1.807) is 0 Å². The average Bonchev–Trinajstić information content (AvgIpc) is 2.28. The zero-order valence-electron chi connectivity index (χ0n) is 7.01. The van der Waals surface area contributed by atoms with Gasteiger partial charge in [0.25, 0.3) is 0 Å². The van der Waals surface area contributed by atoms with Crippen LogP contribution < -0.4 is 0 Å². The molecule has 0 fully saturated rings. The first-order valence-corrected chi connectivity index (χ1v) is 4.22. The molecular weight excluding hydrogens is 132 g/mol. The van der Waals surface area contributed by atoms with E-state index in [1.165, 1.54) is 18.4 Å². The molecule has 0 heteroatoms. The lowest BCUT2D eigenvalue weighted by atomic mass is 10.1. The van der Waals surface area contributed by atoms with Crippen LogP contribution in [0.25, 0.3) is 0 Å². The van der Waals surface area contributed by atoms with Crippen molar-refractivity contribution in [2.24, 2.45) is 0 Å². The van der Waals surface area contributed by atoms with Gasteiger partial charge in [-0.1, -0.05) is 37.6 Å². The van der Waals surface area contributed by atoms with Gasteiger partial charge in [-0.15, -0.1) is 5.73 Å². The van der Waals surface area contributed by atoms with Crippen LogP contribution in [-0.4, -0.2) is 0 Å². The van der Waals surface area contributed by atoms with E-state index >= 15 is 0 Å². The number of hydrogen-bond donors (Lipinski definition) is 0. The molecule has 1 rings (SSSR count). The van der Waals surface area contributed by atoms with Crippen LogP contribution in [0.5, 0.6) is 0 Å². The van der Waals surface area contributed by atoms with Crippen LogP contribution >= 0.6 is 0 Å². The Morgan fingerprint density at radius 2 is 2.18 bits per heavy atom. The molecule has 58 valence electrons. The van der Waals surface area contributed by atoms with E-state index in [2.05, 4.69) is 24.8 Å². The van der Waals surface area contributed by atoms with Gasteiger partial charge in [0.15, 0.2) is 0 Å². The third kappa shape index (κ3) is 3.06. The lowest BCUT2D eigenvalue weighted by molar-refractivity contribution is 0.799. The molecule has 0 heterocycles. The highest BCUT2D eigenvalue weighted by atomic mass is 13.9. The third-order valence-corrected chi connectivity index (χ3v) is 1.68. The molecular formula is C11H14. The minimum Gasteiger partial charge on any atom is -0.117 e. The van der Waals surface area contributed by atoms with E-state index in [0.29, 0.717) is 0 Å². The maximum absolute atomic E-state index is 3.23. The van der Waals surface area contributed by atoms with Crippen LogP contribution in [0.3, 0.4) is 0 Å². The highest BCUT2D eigenvalue weighted by Crippen LogP contribution is 2.08. The standard InChI is InChI=1S/C11H14/c1-2-3-8-11-9-6-4-5-7-10-11/h4-7,9H,2-3,8H2,1H3. The first kappa shape index (κ1) is 8.10. The Hall–Kier alpha value is -1.00. The minimum atomic E-state index is 1.16. The minimum absolute atomic E-state index is 1.16. The first-order chi connectivity index (χ1) is 5.43. The molecule has 0 N–H and O–H groups in total. The monoisotopic (exact) mass is 146 g/mol. The lowest BCUT2D eigenvalue weighted by Gasteiger charge is -1.94. The summed E-state index contributed by atoms with van der Waals surface area (Å²) in [6, 6.07) is 0. The fourth-order valence-corrected chi connectivity index (χ4v) is 1.02. The zero-order valence-corrected chi connectivity index (χ0v) is 7.01. The molecule has 11 heavy (non-hydrogen) atoms. The SMILES string of the molecule is CCCCC1=C=CC=CC=C1. The molecule has 0 spiro atoms. The third-order valence-electron chi connectivity index (χ3n) is 1.68. The maximum atomic E-state index is 3.23. The zero-order chi connectivity index (χ0) is 7.94. The summed E-state index contributed by atoms with van der Waals surface area (Å²) in [7, 11) is 0. The fourth-order valence-electron chi connectivity index (χ4n) is 1.02. The molecule has 0 aromatic carbocycles. The molecule has 0 saturated heterocycles. The van der Waals surface area contributed by atoms with Crippen LogP contribution in [-0.2, 0) is 0 Å². The van der Waals surface area contributed by atoms with Gasteiger partial charge in [0.1, 0.15) is 0 Å². The van der Waals surface area contributed by atoms with Crippen molar-refractivity contribution in [2.75, 3.05) is 0 Å². The Bertz CT molecular complexity index is 222. The van der Waals surface area contributed by atoms with Crippen molar-refractivity contribution in [3.05, 3.63) is 41.7 Å². The van der Waals surface area contributed by atoms with Crippen LogP contribution in [0.2, 0.25) is 0 Å². The second-order valence-electron chi connectivity index (χ2n) is 2.68. The number of unbranched alkanes of at least 4 members (excludes halogenated alkanes) is 1. The van der Waals surface area contributed by atoms with Gasteiger partial charge in [-0.3, -0.25) is 0 Å². The predicted octanol–water partition coefficient (Wildman–Crippen LogP) is 3.38. The molecule has 0 amide bonds. The van der Waals surface area contributed by atoms with Crippen LogP contribution in [0.15, 0.2) is 41.7 Å². The smallest absolute Gasteiger partial charge is 0.00604 e. The van der Waals surface area contributed by atoms with Crippen molar-refractivity contribution in [3.8, 4) is 0 Å². The van der Waals surface area contributed by atoms with Crippen molar-refractivity contribution >= 4 is 0 Å². The first-order valence-electron chi connectivity index (χ1n) is 4.22. The lowest BCUT2D eigenvalue weighted by Crippen LogP contribution is -1.75. The average molecular weight is 146 g/mol. The van der Waals surface area contributed by atoms with E-state index in [9.17, 15) is 0 Å². The number of allylic oxidation sites excluding steroid dienone is 5. The molecule has 0 atom stereocenters. The number of hydrogen-bond acceptors (Lipinski definition) is 0. The molecule has 0 unspecified atom stereocenters. The quantitative estimate of drug-likeness (QED) is 0.535. The molecule has 0 aromatic rings. The van der Waals surface area contributed by atoms with E-state index < -0.39 is 0 Å². The fraction of sp³-hybridized carbons (Fsp3) is 0.364. The Morgan fingerprint density at radius 3 is 3.00 bits per heavy atom. The van der Waals surface area contributed by atoms with Crippen LogP contribution in [0, 0.1) is 0 Å². The van der Waals surface area contributed by atoms with Crippen LogP contribution in [0.1, 0.15) is 26.2 Å². The summed E-state index contributed by atoms with van der Waals surface area (Å²) in [5.74, 6) is 0. The molecule has 0 aliphatic heterocycles. The molecule has 1 aliphatic rings. The maximum Gasteiger partial charge on any atom is -0.00604 e. The molecule has 0 nitrogen and oxygen atoms in total. The summed E-state index contributed by atoms with van der Waals surface area (Å²) >= 11 is 0. The van der Waals surface area contributed by atoms with Crippen LogP contribution in [0.4, 0.5) is 0 Å². The Labute approximate surface area is 68.6 Å². The van der Waals surface area contributed by atoms with E-state index in [-0.39, 0.29) is 0 Å². The summed E-state index contributed by atoms with van der Waals surface area (Å²) < 4.78 is 0. The molecule has 0 bridgehead atoms. The van der Waals surface area contributed by atoms with Gasteiger partial charge in [0.05, 0.1) is 0 Å². The van der Waals surface area contributed by atoms with Crippen molar-refractivity contribution in [2.45, 2.75) is 26.2 Å². The van der Waals surface area contributed by atoms with Crippen molar-refractivity contribution in [1.29, 1.82) is 0 Å². The van der Waals surface area contributed by atoms with Crippen molar-refractivity contribution < 1.29 is 0 Å². The van der Waals surface area contributed by atoms with E-state index in [1.807, 2.05) is 18.2 Å². The summed E-state index contributed by atoms with van der Waals surface area (Å²) in [6.07, 6.45) is 13.9. The molecule has 1 aliphatic carbocycles. The van der Waals surface area contributed by atoms with Gasteiger partial charge in [-0.05, 0) is 24.5 Å². The molecule has 0 radical (unpaired) electrons. The summed E-state index contributed by atoms with van der Waals surface area (Å²) in [4.78, 5) is 0. The van der Waals surface area contributed by atoms with Gasteiger partial charge in [0.2, 0.25) is 0 Å². The Balaban J connectivity index is 2.51. The van der Waals surface area contributed by atoms with Gasteiger partial charge < -0.3 is 0 Å². The highest BCUT2D eigenvalue weighted by Gasteiger charge is 1.89. The second kappa shape index (κ2) is 4.76. The topological polar surface area (TPSA) is 0 Å². The molecule has 0 saturated carbocycles. The van der Waals surface area contributed by atoms with Gasteiger partial charge in [-0.2, -0.15) is 0 Å². The normalized spacial score (nSPS) is 14.8. The van der Waals surface area contributed by atoms with Gasteiger partial charge >= 0.3 is 0 Å². The van der Waals surface area contributed by atoms with Crippen molar-refractivity contribution in [1.82, 2.24) is 0 Å². The van der Waals surface area contributed by atoms with Gasteiger partial charge in [0, 0.05) is 0 Å². The summed E-state index contributed by atoms with van der Waals surface area (Å²) in [5.41, 5.74) is 4.55. The molecule has 0 aromatic heterocycles. The Morgan fingerprint density at radius 1 is 1.27 bits per heavy atom. The largest absolute Gasteiger partial charge is 0.117 e. The second-order valence-corrected chi connectivity index (χ2v) is 2.68. The van der Waals surface area contributed by atoms with E-state index in [4.69, 9.17) is 0 Å².